The molecule has 0 bridgehead atoms. The quantitative estimate of drug-likeness (QED) is 0.511. The third-order valence-corrected chi connectivity index (χ3v) is 5.81. The number of primary amides is 1. The van der Waals surface area contributed by atoms with E-state index in [0.717, 1.165) is 36.8 Å². The molecule has 3 aromatic rings. The lowest BCUT2D eigenvalue weighted by Gasteiger charge is -2.35. The van der Waals surface area contributed by atoms with Crippen molar-refractivity contribution in [1.82, 2.24) is 15.4 Å². The molecule has 1 saturated carbocycles. The third-order valence-electron chi connectivity index (χ3n) is 5.81. The topological polar surface area (TPSA) is 110 Å². The first-order valence-corrected chi connectivity index (χ1v) is 10.7. The maximum Gasteiger partial charge on any atom is 0.250 e. The molecule has 7 nitrogen and oxygen atoms in total. The van der Waals surface area contributed by atoms with Crippen LogP contribution in [0.2, 0.25) is 0 Å². The molecule has 1 aromatic carbocycles. The summed E-state index contributed by atoms with van der Waals surface area (Å²) in [6.45, 7) is 1.96. The van der Waals surface area contributed by atoms with Crippen LogP contribution in [-0.4, -0.2) is 28.0 Å². The molecule has 0 radical (unpaired) electrons. The zero-order chi connectivity index (χ0) is 22.7. The first-order chi connectivity index (χ1) is 15.4. The van der Waals surface area contributed by atoms with Gasteiger partial charge in [-0.15, -0.1) is 0 Å². The number of pyridine rings is 2. The predicted octanol–water partition coefficient (Wildman–Crippen LogP) is 3.60. The largest absolute Gasteiger partial charge is 0.366 e. The van der Waals surface area contributed by atoms with E-state index in [0.29, 0.717) is 11.4 Å². The minimum atomic E-state index is -0.577. The minimum Gasteiger partial charge on any atom is -0.366 e. The molecule has 0 saturated heterocycles. The maximum absolute atomic E-state index is 15.8. The van der Waals surface area contributed by atoms with Gasteiger partial charge in [-0.3, -0.25) is 14.8 Å². The summed E-state index contributed by atoms with van der Waals surface area (Å²) in [4.78, 5) is 20.1. The van der Waals surface area contributed by atoms with E-state index in [1.54, 1.807) is 17.1 Å². The van der Waals surface area contributed by atoms with Gasteiger partial charge in [-0.05, 0) is 37.5 Å². The molecule has 0 aliphatic heterocycles. The van der Waals surface area contributed by atoms with E-state index in [2.05, 4.69) is 15.4 Å². The molecule has 2 aromatic heterocycles. The molecule has 1 fully saturated rings. The Hall–Kier alpha value is -3.36. The fraction of sp³-hybridized carbons (Fsp3) is 0.292. The van der Waals surface area contributed by atoms with Crippen molar-refractivity contribution < 1.29 is 9.18 Å². The molecular formula is C24H27FN6O. The first kappa shape index (κ1) is 21.9. The highest BCUT2D eigenvalue weighted by Gasteiger charge is 2.27. The van der Waals surface area contributed by atoms with Gasteiger partial charge in [0.15, 0.2) is 5.82 Å². The molecule has 32 heavy (non-hydrogen) atoms. The Morgan fingerprint density at radius 3 is 2.66 bits per heavy atom. The van der Waals surface area contributed by atoms with E-state index in [9.17, 15) is 4.79 Å². The standard InChI is InChI=1S/C24H27FN6O/c1-15-5-4-6-16(11-15)18-13-28-14-21(23(18)25)31(30-20-8-3-2-7-19(20)26)22-10-9-17(12-29-22)24(27)32/h4-6,9-14,19-20,30H,2-3,7-8,26H2,1H3,(H2,27,32). The molecule has 2 heterocycles. The molecule has 1 aliphatic carbocycles. The summed E-state index contributed by atoms with van der Waals surface area (Å²) in [6, 6.07) is 10.7. The number of nitrogens with zero attached hydrogens (tertiary/aromatic N) is 3. The zero-order valence-electron chi connectivity index (χ0n) is 18.0. The van der Waals surface area contributed by atoms with Gasteiger partial charge in [0.2, 0.25) is 5.91 Å². The van der Waals surface area contributed by atoms with Crippen molar-refractivity contribution >= 4 is 17.4 Å². The molecular weight excluding hydrogens is 407 g/mol. The number of aromatic nitrogens is 2. The van der Waals surface area contributed by atoms with Crippen LogP contribution in [-0.2, 0) is 0 Å². The average molecular weight is 435 g/mol. The summed E-state index contributed by atoms with van der Waals surface area (Å²) >= 11 is 0. The Kier molecular flexibility index (Phi) is 6.43. The fourth-order valence-corrected chi connectivity index (χ4v) is 4.01. The van der Waals surface area contributed by atoms with Crippen molar-refractivity contribution in [2.24, 2.45) is 11.5 Å². The number of amides is 1. The van der Waals surface area contributed by atoms with Gasteiger partial charge in [0.25, 0.3) is 0 Å². The monoisotopic (exact) mass is 434 g/mol. The SMILES string of the molecule is Cc1cccc(-c2cncc(N(NC3CCCCC3N)c3ccc(C(N)=O)cn3)c2F)c1. The number of nitrogens with one attached hydrogen (secondary N) is 1. The van der Waals surface area contributed by atoms with Gasteiger partial charge < -0.3 is 11.5 Å². The Morgan fingerprint density at radius 2 is 1.97 bits per heavy atom. The van der Waals surface area contributed by atoms with Crippen molar-refractivity contribution in [2.75, 3.05) is 5.01 Å². The van der Waals surface area contributed by atoms with E-state index < -0.39 is 11.7 Å². The minimum absolute atomic E-state index is 0.0524. The highest BCUT2D eigenvalue weighted by atomic mass is 19.1. The van der Waals surface area contributed by atoms with Crippen LogP contribution in [0, 0.1) is 12.7 Å². The van der Waals surface area contributed by atoms with Crippen molar-refractivity contribution in [3.8, 4) is 11.1 Å². The number of hydrogen-bond acceptors (Lipinski definition) is 6. The van der Waals surface area contributed by atoms with E-state index in [-0.39, 0.29) is 23.3 Å². The number of nitrogens with two attached hydrogens (primary N) is 2. The Labute approximate surface area is 186 Å². The number of anilines is 2. The number of carbonyl (C=O) groups is 1. The van der Waals surface area contributed by atoms with Crippen LogP contribution in [0.4, 0.5) is 15.9 Å². The molecule has 4 rings (SSSR count). The van der Waals surface area contributed by atoms with Gasteiger partial charge in [-0.25, -0.2) is 14.8 Å². The van der Waals surface area contributed by atoms with Gasteiger partial charge in [-0.1, -0.05) is 42.7 Å². The molecule has 2 unspecified atom stereocenters. The van der Waals surface area contributed by atoms with Crippen LogP contribution in [0.1, 0.15) is 41.6 Å². The average Bonchev–Trinajstić information content (AvgIpc) is 2.79. The maximum atomic E-state index is 15.8. The van der Waals surface area contributed by atoms with Crippen LogP contribution in [0.5, 0.6) is 0 Å². The van der Waals surface area contributed by atoms with Gasteiger partial charge in [0, 0.05) is 30.0 Å². The van der Waals surface area contributed by atoms with Gasteiger partial charge in [0.1, 0.15) is 11.5 Å². The van der Waals surface area contributed by atoms with Crippen molar-refractivity contribution in [2.45, 2.75) is 44.7 Å². The van der Waals surface area contributed by atoms with E-state index in [4.69, 9.17) is 11.5 Å². The predicted molar refractivity (Wildman–Crippen MR) is 123 cm³/mol. The van der Waals surface area contributed by atoms with Crippen LogP contribution in [0.3, 0.4) is 0 Å². The third kappa shape index (κ3) is 4.61. The lowest BCUT2D eigenvalue weighted by molar-refractivity contribution is 0.1000. The summed E-state index contributed by atoms with van der Waals surface area (Å²) in [5, 5.41) is 1.57. The number of carbonyl (C=O) groups excluding carboxylic acids is 1. The van der Waals surface area contributed by atoms with Crippen molar-refractivity contribution in [1.29, 1.82) is 0 Å². The Balaban J connectivity index is 1.77. The summed E-state index contributed by atoms with van der Waals surface area (Å²) in [7, 11) is 0. The number of halogens is 1. The number of hydrazine groups is 1. The van der Waals surface area contributed by atoms with E-state index in [1.165, 1.54) is 18.6 Å². The van der Waals surface area contributed by atoms with Crippen molar-refractivity contribution in [3.05, 3.63) is 71.9 Å². The smallest absolute Gasteiger partial charge is 0.250 e. The number of aryl methyl sites for hydroxylation is 1. The highest BCUT2D eigenvalue weighted by Crippen LogP contribution is 2.32. The fourth-order valence-electron chi connectivity index (χ4n) is 4.01. The normalized spacial score (nSPS) is 18.3. The highest BCUT2D eigenvalue weighted by molar-refractivity contribution is 5.92. The molecule has 8 heteroatoms. The van der Waals surface area contributed by atoms with Crippen LogP contribution < -0.4 is 21.9 Å². The Bertz CT molecular complexity index is 1100. The van der Waals surface area contributed by atoms with Crippen molar-refractivity contribution in [3.63, 3.8) is 0 Å². The second kappa shape index (κ2) is 9.42. The van der Waals surface area contributed by atoms with Gasteiger partial charge >= 0.3 is 0 Å². The lowest BCUT2D eigenvalue weighted by Crippen LogP contribution is -2.53. The van der Waals surface area contributed by atoms with Crippen LogP contribution >= 0.6 is 0 Å². The van der Waals surface area contributed by atoms with E-state index >= 15 is 4.39 Å². The summed E-state index contributed by atoms with van der Waals surface area (Å²) in [5.41, 5.74) is 17.7. The van der Waals surface area contributed by atoms with Gasteiger partial charge in [0.05, 0.1) is 11.8 Å². The van der Waals surface area contributed by atoms with Crippen LogP contribution in [0.15, 0.2) is 55.0 Å². The molecule has 166 valence electrons. The first-order valence-electron chi connectivity index (χ1n) is 10.7. The second-order valence-corrected chi connectivity index (χ2v) is 8.18. The summed E-state index contributed by atoms with van der Waals surface area (Å²) in [5.74, 6) is -0.592. The molecule has 1 amide bonds. The number of hydrogen-bond donors (Lipinski definition) is 3. The van der Waals surface area contributed by atoms with E-state index in [1.807, 2.05) is 31.2 Å². The Morgan fingerprint density at radius 1 is 1.16 bits per heavy atom. The summed E-state index contributed by atoms with van der Waals surface area (Å²) < 4.78 is 15.8. The summed E-state index contributed by atoms with van der Waals surface area (Å²) in [6.07, 6.45) is 8.22. The molecule has 0 spiro atoms. The molecule has 5 N–H and O–H groups in total. The molecule has 1 aliphatic rings. The van der Waals surface area contributed by atoms with Crippen LogP contribution in [0.25, 0.3) is 11.1 Å². The lowest BCUT2D eigenvalue weighted by atomic mass is 9.91. The number of rotatable bonds is 6. The number of benzene rings is 1. The second-order valence-electron chi connectivity index (χ2n) is 8.18. The van der Waals surface area contributed by atoms with Gasteiger partial charge in [-0.2, -0.15) is 0 Å². The molecule has 2 atom stereocenters. The zero-order valence-corrected chi connectivity index (χ0v) is 18.0.